The summed E-state index contributed by atoms with van der Waals surface area (Å²) in [5.74, 6) is 1.45. The molecule has 1 N–H and O–H groups in total. The number of para-hydroxylation sites is 1. The SMILES string of the molecule is C=C(C)COc1ccc2oc(-c3ccc(OC)cc3)c(C(=O)Nc3ccccc3Cl)c2c1. The molecule has 0 fully saturated rings. The van der Waals surface area contributed by atoms with Crippen LogP contribution in [0.25, 0.3) is 22.3 Å². The van der Waals surface area contributed by atoms with Crippen LogP contribution in [0.4, 0.5) is 5.69 Å². The Hall–Kier alpha value is -3.70. The third-order valence-corrected chi connectivity index (χ3v) is 5.18. The van der Waals surface area contributed by atoms with Gasteiger partial charge in [0, 0.05) is 10.9 Å². The fourth-order valence-corrected chi connectivity index (χ4v) is 3.47. The summed E-state index contributed by atoms with van der Waals surface area (Å²) in [6.07, 6.45) is 0. The number of carbonyl (C=O) groups excluding carboxylic acids is 1. The van der Waals surface area contributed by atoms with Gasteiger partial charge < -0.3 is 19.2 Å². The van der Waals surface area contributed by atoms with Crippen LogP contribution in [0, 0.1) is 0 Å². The minimum Gasteiger partial charge on any atom is -0.497 e. The van der Waals surface area contributed by atoms with Crippen LogP contribution in [0.2, 0.25) is 5.02 Å². The third-order valence-electron chi connectivity index (χ3n) is 4.85. The summed E-state index contributed by atoms with van der Waals surface area (Å²) in [7, 11) is 1.60. The Morgan fingerprint density at radius 2 is 1.78 bits per heavy atom. The molecule has 0 radical (unpaired) electrons. The van der Waals surface area contributed by atoms with Gasteiger partial charge in [0.05, 0.1) is 23.4 Å². The van der Waals surface area contributed by atoms with Crippen molar-refractivity contribution in [3.63, 3.8) is 0 Å². The van der Waals surface area contributed by atoms with Crippen LogP contribution in [0.15, 0.2) is 83.3 Å². The highest BCUT2D eigenvalue weighted by molar-refractivity contribution is 6.34. The molecule has 6 heteroatoms. The van der Waals surface area contributed by atoms with Gasteiger partial charge in [-0.25, -0.2) is 0 Å². The van der Waals surface area contributed by atoms with Gasteiger partial charge in [0.25, 0.3) is 5.91 Å². The second-order valence-electron chi connectivity index (χ2n) is 7.37. The van der Waals surface area contributed by atoms with E-state index in [2.05, 4.69) is 11.9 Å². The minimum atomic E-state index is -0.334. The molecule has 3 aromatic carbocycles. The van der Waals surface area contributed by atoms with Gasteiger partial charge in [-0.15, -0.1) is 0 Å². The highest BCUT2D eigenvalue weighted by Crippen LogP contribution is 2.37. The Bertz CT molecular complexity index is 1290. The fraction of sp³-hybridized carbons (Fsp3) is 0.115. The van der Waals surface area contributed by atoms with E-state index in [1.165, 1.54) is 0 Å². The normalized spacial score (nSPS) is 10.7. The van der Waals surface area contributed by atoms with E-state index in [1.54, 1.807) is 37.4 Å². The Kier molecular flexibility index (Phi) is 6.19. The molecule has 162 valence electrons. The number of hydrogen-bond acceptors (Lipinski definition) is 4. The first kappa shape index (κ1) is 21.5. The van der Waals surface area contributed by atoms with Crippen molar-refractivity contribution in [3.05, 3.63) is 89.5 Å². The van der Waals surface area contributed by atoms with Gasteiger partial charge in [0.15, 0.2) is 0 Å². The molecule has 0 spiro atoms. The van der Waals surface area contributed by atoms with Crippen LogP contribution >= 0.6 is 11.6 Å². The Morgan fingerprint density at radius 3 is 2.47 bits per heavy atom. The van der Waals surface area contributed by atoms with Crippen LogP contribution < -0.4 is 14.8 Å². The standard InChI is InChI=1S/C26H22ClNO4/c1-16(2)15-31-19-12-13-23-20(14-19)24(26(29)28-22-7-5-4-6-21(22)27)25(32-23)17-8-10-18(30-3)11-9-17/h4-14H,1,15H2,2-3H3,(H,28,29). The molecule has 32 heavy (non-hydrogen) atoms. The summed E-state index contributed by atoms with van der Waals surface area (Å²) in [4.78, 5) is 13.4. The van der Waals surface area contributed by atoms with E-state index < -0.39 is 0 Å². The smallest absolute Gasteiger partial charge is 0.260 e. The molecule has 0 aliphatic rings. The third kappa shape index (κ3) is 4.48. The lowest BCUT2D eigenvalue weighted by atomic mass is 10.0. The molecule has 4 aromatic rings. The molecule has 0 saturated heterocycles. The van der Waals surface area contributed by atoms with E-state index in [0.29, 0.717) is 51.1 Å². The molecule has 4 rings (SSSR count). The number of ether oxygens (including phenoxy) is 2. The van der Waals surface area contributed by atoms with Crippen LogP contribution in [0.3, 0.4) is 0 Å². The van der Waals surface area contributed by atoms with Crippen molar-refractivity contribution in [1.82, 2.24) is 0 Å². The van der Waals surface area contributed by atoms with E-state index in [4.69, 9.17) is 25.5 Å². The van der Waals surface area contributed by atoms with Gasteiger partial charge in [-0.1, -0.05) is 30.3 Å². The predicted molar refractivity (Wildman–Crippen MR) is 128 cm³/mol. The Morgan fingerprint density at radius 1 is 1.06 bits per heavy atom. The molecule has 0 atom stereocenters. The lowest BCUT2D eigenvalue weighted by Crippen LogP contribution is -2.12. The number of methoxy groups -OCH3 is 1. The first-order valence-corrected chi connectivity index (χ1v) is 10.4. The van der Waals surface area contributed by atoms with E-state index in [1.807, 2.05) is 43.3 Å². The van der Waals surface area contributed by atoms with Crippen molar-refractivity contribution in [2.24, 2.45) is 0 Å². The molecule has 0 bridgehead atoms. The number of benzene rings is 3. The lowest BCUT2D eigenvalue weighted by molar-refractivity contribution is 0.102. The zero-order chi connectivity index (χ0) is 22.7. The Balaban J connectivity index is 1.82. The number of hydrogen-bond donors (Lipinski definition) is 1. The molecule has 1 aromatic heterocycles. The number of anilines is 1. The maximum atomic E-state index is 13.4. The van der Waals surface area contributed by atoms with Gasteiger partial charge >= 0.3 is 0 Å². The lowest BCUT2D eigenvalue weighted by Gasteiger charge is -2.09. The first-order valence-electron chi connectivity index (χ1n) is 10.0. The predicted octanol–water partition coefficient (Wildman–Crippen LogP) is 6.97. The maximum Gasteiger partial charge on any atom is 0.260 e. The van der Waals surface area contributed by atoms with Gasteiger partial charge in [0.1, 0.15) is 29.4 Å². The average Bonchev–Trinajstić information content (AvgIpc) is 3.18. The Labute approximate surface area is 191 Å². The van der Waals surface area contributed by atoms with E-state index in [9.17, 15) is 4.79 Å². The van der Waals surface area contributed by atoms with E-state index in [0.717, 1.165) is 11.1 Å². The average molecular weight is 448 g/mol. The summed E-state index contributed by atoms with van der Waals surface area (Å²) < 4.78 is 17.2. The van der Waals surface area contributed by atoms with Crippen molar-refractivity contribution >= 4 is 34.2 Å². The number of carbonyl (C=O) groups is 1. The van der Waals surface area contributed by atoms with Crippen molar-refractivity contribution in [2.45, 2.75) is 6.92 Å². The number of halogens is 1. The molecule has 5 nitrogen and oxygen atoms in total. The topological polar surface area (TPSA) is 60.7 Å². The summed E-state index contributed by atoms with van der Waals surface area (Å²) >= 11 is 6.25. The quantitative estimate of drug-likeness (QED) is 0.311. The molecule has 0 aliphatic carbocycles. The number of amides is 1. The minimum absolute atomic E-state index is 0.334. The van der Waals surface area contributed by atoms with Crippen molar-refractivity contribution in [1.29, 1.82) is 0 Å². The van der Waals surface area contributed by atoms with Crippen molar-refractivity contribution in [2.75, 3.05) is 19.0 Å². The largest absolute Gasteiger partial charge is 0.497 e. The van der Waals surface area contributed by atoms with E-state index in [-0.39, 0.29) is 5.91 Å². The summed E-state index contributed by atoms with van der Waals surface area (Å²) in [5.41, 5.74) is 3.13. The highest BCUT2D eigenvalue weighted by Gasteiger charge is 2.23. The molecule has 0 saturated carbocycles. The first-order chi connectivity index (χ1) is 15.5. The van der Waals surface area contributed by atoms with Gasteiger partial charge in [-0.05, 0) is 67.1 Å². The second-order valence-corrected chi connectivity index (χ2v) is 7.78. The molecular formula is C26H22ClNO4. The number of rotatable bonds is 7. The summed E-state index contributed by atoms with van der Waals surface area (Å²) in [6.45, 7) is 6.14. The molecular weight excluding hydrogens is 426 g/mol. The summed E-state index contributed by atoms with van der Waals surface area (Å²) in [5, 5.41) is 3.98. The number of furan rings is 1. The number of fused-ring (bicyclic) bond motifs is 1. The zero-order valence-electron chi connectivity index (χ0n) is 17.8. The van der Waals surface area contributed by atoms with Crippen molar-refractivity contribution in [3.8, 4) is 22.8 Å². The van der Waals surface area contributed by atoms with Crippen LogP contribution in [-0.4, -0.2) is 19.6 Å². The molecule has 1 heterocycles. The molecule has 0 aliphatic heterocycles. The highest BCUT2D eigenvalue weighted by atomic mass is 35.5. The monoisotopic (exact) mass is 447 g/mol. The maximum absolute atomic E-state index is 13.4. The van der Waals surface area contributed by atoms with Crippen molar-refractivity contribution < 1.29 is 18.7 Å². The van der Waals surface area contributed by atoms with Crippen LogP contribution in [0.1, 0.15) is 17.3 Å². The molecule has 1 amide bonds. The summed E-state index contributed by atoms with van der Waals surface area (Å²) in [6, 6.07) is 19.8. The second kappa shape index (κ2) is 9.20. The van der Waals surface area contributed by atoms with Crippen LogP contribution in [-0.2, 0) is 0 Å². The van der Waals surface area contributed by atoms with Gasteiger partial charge in [-0.2, -0.15) is 0 Å². The fourth-order valence-electron chi connectivity index (χ4n) is 3.29. The van der Waals surface area contributed by atoms with Gasteiger partial charge in [0.2, 0.25) is 0 Å². The number of nitrogens with one attached hydrogen (secondary N) is 1. The molecule has 0 unspecified atom stereocenters. The van der Waals surface area contributed by atoms with Crippen LogP contribution in [0.5, 0.6) is 11.5 Å². The van der Waals surface area contributed by atoms with E-state index >= 15 is 0 Å². The zero-order valence-corrected chi connectivity index (χ0v) is 18.5. The van der Waals surface area contributed by atoms with Gasteiger partial charge in [-0.3, -0.25) is 4.79 Å².